The maximum Gasteiger partial charge on any atom is 0.308 e. The minimum atomic E-state index is -3.70. The molecule has 0 spiro atoms. The fourth-order valence-corrected chi connectivity index (χ4v) is 5.00. The third-order valence-electron chi connectivity index (χ3n) is 4.29. The Morgan fingerprint density at radius 2 is 1.81 bits per heavy atom. The van der Waals surface area contributed by atoms with E-state index >= 15 is 0 Å². The molecule has 0 fully saturated rings. The van der Waals surface area contributed by atoms with Crippen molar-refractivity contribution in [2.75, 3.05) is 4.72 Å². The molecule has 7 heteroatoms. The van der Waals surface area contributed by atoms with Crippen LogP contribution in [0.1, 0.15) is 32.3 Å². The monoisotopic (exact) mass is 390 g/mol. The smallest absolute Gasteiger partial charge is 0.299 e. The molecule has 0 atom stereocenters. The number of fused-ring (bicyclic) bond motifs is 1. The van der Waals surface area contributed by atoms with E-state index in [2.05, 4.69) is 11.6 Å². The fourth-order valence-electron chi connectivity index (χ4n) is 2.85. The lowest BCUT2D eigenvalue weighted by Gasteiger charge is -2.09. The first-order valence-electron chi connectivity index (χ1n) is 8.69. The summed E-state index contributed by atoms with van der Waals surface area (Å²) in [4.78, 5) is 12.0. The van der Waals surface area contributed by atoms with Gasteiger partial charge < -0.3 is 0 Å². The molecule has 0 aliphatic heterocycles. The van der Waals surface area contributed by atoms with Crippen LogP contribution in [0.4, 0.5) is 5.69 Å². The zero-order valence-electron chi connectivity index (χ0n) is 14.9. The second-order valence-electron chi connectivity index (χ2n) is 6.15. The van der Waals surface area contributed by atoms with Crippen molar-refractivity contribution in [1.29, 1.82) is 0 Å². The molecule has 138 valence electrons. The van der Waals surface area contributed by atoms with Gasteiger partial charge in [0.25, 0.3) is 10.0 Å². The lowest BCUT2D eigenvalue weighted by Crippen LogP contribution is -2.13. The molecule has 0 saturated carbocycles. The first kappa shape index (κ1) is 18.7. The van der Waals surface area contributed by atoms with Crippen molar-refractivity contribution in [1.82, 2.24) is 4.57 Å². The number of anilines is 1. The summed E-state index contributed by atoms with van der Waals surface area (Å²) < 4.78 is 30.3. The van der Waals surface area contributed by atoms with E-state index in [-0.39, 0.29) is 9.77 Å². The van der Waals surface area contributed by atoms with Gasteiger partial charge in [0, 0.05) is 12.2 Å². The van der Waals surface area contributed by atoms with E-state index in [0.29, 0.717) is 16.9 Å². The van der Waals surface area contributed by atoms with Gasteiger partial charge in [-0.15, -0.1) is 0 Å². The van der Waals surface area contributed by atoms with Gasteiger partial charge in [-0.1, -0.05) is 36.8 Å². The second kappa shape index (κ2) is 7.63. The summed E-state index contributed by atoms with van der Waals surface area (Å²) in [5.74, 6) is 0. The third-order valence-corrected chi connectivity index (χ3v) is 6.61. The van der Waals surface area contributed by atoms with Crippen LogP contribution in [0.15, 0.2) is 52.2 Å². The summed E-state index contributed by atoms with van der Waals surface area (Å²) in [6.07, 6.45) is 3.24. The van der Waals surface area contributed by atoms with Crippen molar-refractivity contribution in [3.8, 4) is 0 Å². The summed E-state index contributed by atoms with van der Waals surface area (Å²) >= 11 is 1.06. The summed E-state index contributed by atoms with van der Waals surface area (Å²) in [5.41, 5.74) is 2.49. The highest BCUT2D eigenvalue weighted by Crippen LogP contribution is 2.23. The number of aromatic nitrogens is 1. The molecule has 2 aromatic carbocycles. The lowest BCUT2D eigenvalue weighted by atomic mass is 10.1. The van der Waals surface area contributed by atoms with E-state index in [1.54, 1.807) is 34.9 Å². The summed E-state index contributed by atoms with van der Waals surface area (Å²) in [6.45, 7) is 4.60. The molecule has 1 aromatic heterocycles. The number of unbranched alkanes of at least 4 members (excludes halogenated alkanes) is 1. The zero-order valence-corrected chi connectivity index (χ0v) is 16.5. The number of benzene rings is 2. The molecule has 0 amide bonds. The molecule has 0 radical (unpaired) electrons. The Hall–Kier alpha value is -2.12. The number of thiazole rings is 1. The molecule has 1 N–H and O–H groups in total. The Labute approximate surface area is 157 Å². The van der Waals surface area contributed by atoms with Crippen LogP contribution in [-0.2, 0) is 23.0 Å². The van der Waals surface area contributed by atoms with Crippen LogP contribution in [0.3, 0.4) is 0 Å². The average Bonchev–Trinajstić information content (AvgIpc) is 2.95. The molecule has 3 rings (SSSR count). The van der Waals surface area contributed by atoms with Gasteiger partial charge >= 0.3 is 4.87 Å². The average molecular weight is 391 g/mol. The van der Waals surface area contributed by atoms with Crippen molar-refractivity contribution >= 4 is 37.3 Å². The van der Waals surface area contributed by atoms with Gasteiger partial charge in [0.05, 0.1) is 15.1 Å². The molecule has 0 aliphatic rings. The SMILES string of the molecule is CCCCc1ccc(NS(=O)(=O)c2ccc3c(c2)sc(=O)n3CC)cc1. The Morgan fingerprint density at radius 3 is 2.46 bits per heavy atom. The Kier molecular flexibility index (Phi) is 5.48. The summed E-state index contributed by atoms with van der Waals surface area (Å²) in [7, 11) is -3.70. The Morgan fingerprint density at radius 1 is 1.08 bits per heavy atom. The van der Waals surface area contributed by atoms with Gasteiger partial charge in [-0.2, -0.15) is 0 Å². The molecule has 0 bridgehead atoms. The standard InChI is InChI=1S/C19H22N2O3S2/c1-3-5-6-14-7-9-15(10-8-14)20-26(23,24)16-11-12-17-18(13-16)25-19(22)21(17)4-2/h7-13,20H,3-6H2,1-2H3. The van der Waals surface area contributed by atoms with Crippen LogP contribution in [0, 0.1) is 0 Å². The Balaban J connectivity index is 1.86. The van der Waals surface area contributed by atoms with Gasteiger partial charge in [0.2, 0.25) is 0 Å². The van der Waals surface area contributed by atoms with Crippen LogP contribution < -0.4 is 9.60 Å². The van der Waals surface area contributed by atoms with Crippen molar-refractivity contribution in [2.45, 2.75) is 44.6 Å². The highest BCUT2D eigenvalue weighted by molar-refractivity contribution is 7.92. The van der Waals surface area contributed by atoms with E-state index < -0.39 is 10.0 Å². The van der Waals surface area contributed by atoms with Crippen LogP contribution in [-0.4, -0.2) is 13.0 Å². The van der Waals surface area contributed by atoms with Gasteiger partial charge in [-0.25, -0.2) is 8.42 Å². The maximum absolute atomic E-state index is 12.7. The maximum atomic E-state index is 12.7. The quantitative estimate of drug-likeness (QED) is 0.656. The number of nitrogens with one attached hydrogen (secondary N) is 1. The topological polar surface area (TPSA) is 68.2 Å². The molecule has 0 saturated heterocycles. The molecule has 0 aliphatic carbocycles. The number of hydrogen-bond acceptors (Lipinski definition) is 4. The van der Waals surface area contributed by atoms with Crippen molar-refractivity contribution in [3.63, 3.8) is 0 Å². The van der Waals surface area contributed by atoms with E-state index in [9.17, 15) is 13.2 Å². The number of hydrogen-bond donors (Lipinski definition) is 1. The predicted molar refractivity (Wildman–Crippen MR) is 108 cm³/mol. The van der Waals surface area contributed by atoms with Crippen molar-refractivity contribution < 1.29 is 8.42 Å². The summed E-state index contributed by atoms with van der Waals surface area (Å²) in [5, 5.41) is 0. The van der Waals surface area contributed by atoms with Gasteiger partial charge in [-0.3, -0.25) is 14.1 Å². The minimum Gasteiger partial charge on any atom is -0.299 e. The fraction of sp³-hybridized carbons (Fsp3) is 0.316. The van der Waals surface area contributed by atoms with Crippen molar-refractivity contribution in [2.24, 2.45) is 0 Å². The molecule has 0 unspecified atom stereocenters. The molecule has 1 heterocycles. The number of sulfonamides is 1. The highest BCUT2D eigenvalue weighted by atomic mass is 32.2. The van der Waals surface area contributed by atoms with Gasteiger partial charge in [-0.05, 0) is 55.7 Å². The zero-order chi connectivity index (χ0) is 18.7. The second-order valence-corrected chi connectivity index (χ2v) is 8.82. The predicted octanol–water partition coefficient (Wildman–Crippen LogP) is 4.23. The van der Waals surface area contributed by atoms with E-state index in [1.165, 1.54) is 5.56 Å². The van der Waals surface area contributed by atoms with Gasteiger partial charge in [0.15, 0.2) is 0 Å². The van der Waals surface area contributed by atoms with E-state index in [0.717, 1.165) is 36.1 Å². The largest absolute Gasteiger partial charge is 0.308 e. The lowest BCUT2D eigenvalue weighted by molar-refractivity contribution is 0.601. The van der Waals surface area contributed by atoms with Crippen LogP contribution in [0.25, 0.3) is 10.2 Å². The van der Waals surface area contributed by atoms with Crippen LogP contribution in [0.2, 0.25) is 0 Å². The van der Waals surface area contributed by atoms with E-state index in [4.69, 9.17) is 0 Å². The molecular formula is C19H22N2O3S2. The number of nitrogens with zero attached hydrogens (tertiary/aromatic N) is 1. The van der Waals surface area contributed by atoms with Crippen LogP contribution >= 0.6 is 11.3 Å². The molecule has 5 nitrogen and oxygen atoms in total. The van der Waals surface area contributed by atoms with Crippen LogP contribution in [0.5, 0.6) is 0 Å². The van der Waals surface area contributed by atoms with Gasteiger partial charge in [0.1, 0.15) is 0 Å². The highest BCUT2D eigenvalue weighted by Gasteiger charge is 2.16. The normalized spacial score (nSPS) is 11.8. The third kappa shape index (κ3) is 3.83. The van der Waals surface area contributed by atoms with Crippen molar-refractivity contribution in [3.05, 3.63) is 57.7 Å². The number of rotatable bonds is 7. The van der Waals surface area contributed by atoms with E-state index in [1.807, 2.05) is 19.1 Å². The molecule has 3 aromatic rings. The minimum absolute atomic E-state index is 0.0762. The molecular weight excluding hydrogens is 368 g/mol. The Bertz CT molecular complexity index is 1060. The first-order chi connectivity index (χ1) is 12.4. The first-order valence-corrected chi connectivity index (χ1v) is 11.0. The number of aryl methyl sites for hydroxylation is 2. The summed E-state index contributed by atoms with van der Waals surface area (Å²) in [6, 6.07) is 12.3. The molecule has 26 heavy (non-hydrogen) atoms.